The van der Waals surface area contributed by atoms with E-state index < -0.39 is 0 Å². The van der Waals surface area contributed by atoms with Crippen molar-refractivity contribution in [3.05, 3.63) is 40.0 Å². The Morgan fingerprint density at radius 1 is 1.44 bits per heavy atom. The maximum atomic E-state index is 6.28. The van der Waals surface area contributed by atoms with Crippen molar-refractivity contribution in [2.75, 3.05) is 12.3 Å². The number of nitrogens with two attached hydrogens (primary N) is 1. The van der Waals surface area contributed by atoms with Crippen molar-refractivity contribution < 1.29 is 4.74 Å². The number of aromatic nitrogens is 2. The molecule has 2 aromatic rings. The fraction of sp³-hybridized carbons (Fsp3) is 0.308. The van der Waals surface area contributed by atoms with Gasteiger partial charge in [-0.1, -0.05) is 17.7 Å². The Hall–Kier alpha value is -1.52. The first kappa shape index (κ1) is 11.6. The third-order valence-corrected chi connectivity index (χ3v) is 3.48. The predicted molar refractivity (Wildman–Crippen MR) is 71.1 cm³/mol. The van der Waals surface area contributed by atoms with Gasteiger partial charge in [0.05, 0.1) is 29.6 Å². The molecule has 0 fully saturated rings. The summed E-state index contributed by atoms with van der Waals surface area (Å²) in [6, 6.07) is 5.92. The highest BCUT2D eigenvalue weighted by molar-refractivity contribution is 6.32. The molecule has 1 aromatic heterocycles. The average Bonchev–Trinajstić information content (AvgIpc) is 2.68. The van der Waals surface area contributed by atoms with Gasteiger partial charge in [0.2, 0.25) is 0 Å². The molecular formula is C13H14ClN3O. The Kier molecular flexibility index (Phi) is 2.76. The largest absolute Gasteiger partial charge is 0.382 e. The molecule has 2 N–H and O–H groups in total. The molecule has 1 aliphatic rings. The van der Waals surface area contributed by atoms with Crippen LogP contribution in [0.1, 0.15) is 16.8 Å². The number of hydrogen-bond donors (Lipinski definition) is 1. The first-order chi connectivity index (χ1) is 8.66. The van der Waals surface area contributed by atoms with Crippen LogP contribution in [0.3, 0.4) is 0 Å². The molecular weight excluding hydrogens is 250 g/mol. The maximum Gasteiger partial charge on any atom is 0.151 e. The van der Waals surface area contributed by atoms with E-state index in [-0.39, 0.29) is 0 Å². The van der Waals surface area contributed by atoms with Crippen LogP contribution in [-0.2, 0) is 17.8 Å². The number of nitrogen functional groups attached to an aromatic ring is 1. The molecule has 0 aliphatic carbocycles. The lowest BCUT2D eigenvalue weighted by atomic mass is 10.1. The van der Waals surface area contributed by atoms with Crippen molar-refractivity contribution in [1.82, 2.24) is 9.78 Å². The zero-order chi connectivity index (χ0) is 12.7. The predicted octanol–water partition coefficient (Wildman–Crippen LogP) is 2.49. The molecule has 0 spiro atoms. The van der Waals surface area contributed by atoms with Gasteiger partial charge in [-0.15, -0.1) is 5.10 Å². The summed E-state index contributed by atoms with van der Waals surface area (Å²) in [5.41, 5.74) is 10.0. The molecule has 0 saturated heterocycles. The van der Waals surface area contributed by atoms with Gasteiger partial charge in [0.1, 0.15) is 0 Å². The van der Waals surface area contributed by atoms with Gasteiger partial charge in [0.15, 0.2) is 5.82 Å². The van der Waals surface area contributed by atoms with Gasteiger partial charge in [-0.3, -0.25) is 0 Å². The third-order valence-electron chi connectivity index (χ3n) is 3.18. The van der Waals surface area contributed by atoms with E-state index in [2.05, 4.69) is 5.10 Å². The minimum atomic E-state index is 0.529. The Balaban J connectivity index is 2.17. The molecule has 3 rings (SSSR count). The number of fused-ring (bicyclic) bond motifs is 1. The number of ether oxygens (including phenoxy) is 1. The highest BCUT2D eigenvalue weighted by atomic mass is 35.5. The van der Waals surface area contributed by atoms with E-state index in [1.54, 1.807) is 0 Å². The molecule has 0 bridgehead atoms. The standard InChI is InChI=1S/C13H14ClN3O/c1-8-2-3-12(10(14)6-8)17-11-4-5-18-7-9(11)13(15)16-17/h2-3,6H,4-5,7H2,1H3,(H2,15,16). The third kappa shape index (κ3) is 1.78. The Labute approximate surface area is 110 Å². The monoisotopic (exact) mass is 263 g/mol. The van der Waals surface area contributed by atoms with Gasteiger partial charge in [-0.2, -0.15) is 0 Å². The van der Waals surface area contributed by atoms with Crippen molar-refractivity contribution in [2.24, 2.45) is 0 Å². The fourth-order valence-electron chi connectivity index (χ4n) is 2.24. The van der Waals surface area contributed by atoms with Crippen LogP contribution in [0.4, 0.5) is 5.82 Å². The van der Waals surface area contributed by atoms with E-state index in [9.17, 15) is 0 Å². The van der Waals surface area contributed by atoms with Crippen LogP contribution in [0, 0.1) is 6.92 Å². The Morgan fingerprint density at radius 3 is 3.06 bits per heavy atom. The minimum Gasteiger partial charge on any atom is -0.382 e. The summed E-state index contributed by atoms with van der Waals surface area (Å²) in [7, 11) is 0. The zero-order valence-electron chi connectivity index (χ0n) is 10.1. The molecule has 0 radical (unpaired) electrons. The lowest BCUT2D eigenvalue weighted by molar-refractivity contribution is 0.110. The summed E-state index contributed by atoms with van der Waals surface area (Å²) in [6.45, 7) is 3.24. The second-order valence-corrected chi connectivity index (χ2v) is 4.89. The molecule has 0 unspecified atom stereocenters. The van der Waals surface area contributed by atoms with E-state index in [0.717, 1.165) is 28.9 Å². The van der Waals surface area contributed by atoms with Crippen LogP contribution in [0.25, 0.3) is 5.69 Å². The number of anilines is 1. The average molecular weight is 264 g/mol. The lowest BCUT2D eigenvalue weighted by Crippen LogP contribution is -2.13. The fourth-order valence-corrected chi connectivity index (χ4v) is 2.56. The molecule has 0 atom stereocenters. The van der Waals surface area contributed by atoms with Gasteiger partial charge in [0.25, 0.3) is 0 Å². The SMILES string of the molecule is Cc1ccc(-n2nc(N)c3c2CCOC3)c(Cl)c1. The molecule has 0 amide bonds. The lowest BCUT2D eigenvalue weighted by Gasteiger charge is -2.15. The number of benzene rings is 1. The summed E-state index contributed by atoms with van der Waals surface area (Å²) >= 11 is 6.28. The van der Waals surface area contributed by atoms with Gasteiger partial charge in [0, 0.05) is 12.0 Å². The molecule has 0 saturated carbocycles. The second kappa shape index (κ2) is 4.30. The minimum absolute atomic E-state index is 0.529. The summed E-state index contributed by atoms with van der Waals surface area (Å²) in [5.74, 6) is 0.529. The van der Waals surface area contributed by atoms with E-state index >= 15 is 0 Å². The van der Waals surface area contributed by atoms with Gasteiger partial charge in [-0.05, 0) is 24.6 Å². The number of hydrogen-bond acceptors (Lipinski definition) is 3. The maximum absolute atomic E-state index is 6.28. The van der Waals surface area contributed by atoms with Gasteiger partial charge >= 0.3 is 0 Å². The molecule has 5 heteroatoms. The number of aryl methyl sites for hydroxylation is 1. The molecule has 2 heterocycles. The smallest absolute Gasteiger partial charge is 0.151 e. The summed E-state index contributed by atoms with van der Waals surface area (Å²) in [4.78, 5) is 0. The van der Waals surface area contributed by atoms with Crippen LogP contribution in [0.2, 0.25) is 5.02 Å². The highest BCUT2D eigenvalue weighted by Crippen LogP contribution is 2.28. The van der Waals surface area contributed by atoms with E-state index in [1.807, 2.05) is 29.8 Å². The number of nitrogens with zero attached hydrogens (tertiary/aromatic N) is 2. The van der Waals surface area contributed by atoms with E-state index in [4.69, 9.17) is 22.1 Å². The Bertz CT molecular complexity index is 607. The van der Waals surface area contributed by atoms with E-state index in [0.29, 0.717) is 24.1 Å². The van der Waals surface area contributed by atoms with Crippen molar-refractivity contribution in [1.29, 1.82) is 0 Å². The van der Waals surface area contributed by atoms with Crippen LogP contribution in [-0.4, -0.2) is 16.4 Å². The molecule has 1 aromatic carbocycles. The molecule has 18 heavy (non-hydrogen) atoms. The first-order valence-corrected chi connectivity index (χ1v) is 6.25. The number of rotatable bonds is 1. The Morgan fingerprint density at radius 2 is 2.28 bits per heavy atom. The quantitative estimate of drug-likeness (QED) is 0.860. The molecule has 4 nitrogen and oxygen atoms in total. The second-order valence-electron chi connectivity index (χ2n) is 4.48. The summed E-state index contributed by atoms with van der Waals surface area (Å²) < 4.78 is 7.25. The van der Waals surface area contributed by atoms with Crippen molar-refractivity contribution in [3.8, 4) is 5.69 Å². The summed E-state index contributed by atoms with van der Waals surface area (Å²) in [5, 5.41) is 5.07. The van der Waals surface area contributed by atoms with Crippen molar-refractivity contribution in [3.63, 3.8) is 0 Å². The van der Waals surface area contributed by atoms with E-state index in [1.165, 1.54) is 0 Å². The van der Waals surface area contributed by atoms with Crippen LogP contribution < -0.4 is 5.73 Å². The van der Waals surface area contributed by atoms with Crippen LogP contribution >= 0.6 is 11.6 Å². The van der Waals surface area contributed by atoms with Crippen molar-refractivity contribution in [2.45, 2.75) is 20.0 Å². The zero-order valence-corrected chi connectivity index (χ0v) is 10.9. The highest BCUT2D eigenvalue weighted by Gasteiger charge is 2.21. The molecule has 1 aliphatic heterocycles. The van der Waals surface area contributed by atoms with Crippen LogP contribution in [0.15, 0.2) is 18.2 Å². The summed E-state index contributed by atoms with van der Waals surface area (Å²) in [6.07, 6.45) is 0.809. The van der Waals surface area contributed by atoms with Gasteiger partial charge < -0.3 is 10.5 Å². The molecule has 94 valence electrons. The van der Waals surface area contributed by atoms with Gasteiger partial charge in [-0.25, -0.2) is 4.68 Å². The normalized spacial score (nSPS) is 14.6. The van der Waals surface area contributed by atoms with Crippen molar-refractivity contribution >= 4 is 17.4 Å². The first-order valence-electron chi connectivity index (χ1n) is 5.87. The topological polar surface area (TPSA) is 53.1 Å². The van der Waals surface area contributed by atoms with Crippen LogP contribution in [0.5, 0.6) is 0 Å². The number of halogens is 1.